The highest BCUT2D eigenvalue weighted by Gasteiger charge is 2.34. The molecule has 2 heterocycles. The van der Waals surface area contributed by atoms with Crippen LogP contribution in [0, 0.1) is 0 Å². The number of benzene rings is 3. The lowest BCUT2D eigenvalue weighted by atomic mass is 9.95. The number of hydrogen-bond acceptors (Lipinski definition) is 9. The van der Waals surface area contributed by atoms with Crippen molar-refractivity contribution in [2.45, 2.75) is 33.4 Å². The molecule has 1 unspecified atom stereocenters. The van der Waals surface area contributed by atoms with E-state index in [1.54, 1.807) is 39.2 Å². The quantitative estimate of drug-likeness (QED) is 0.224. The first kappa shape index (κ1) is 30.6. The Morgan fingerprint density at radius 1 is 0.909 bits per heavy atom. The van der Waals surface area contributed by atoms with Gasteiger partial charge in [0.2, 0.25) is 0 Å². The Bertz CT molecular complexity index is 1880. The number of carbonyl (C=O) groups excluding carboxylic acids is 1. The van der Waals surface area contributed by atoms with E-state index in [-0.39, 0.29) is 17.7 Å². The molecule has 0 saturated carbocycles. The number of fused-ring (bicyclic) bond motifs is 1. The molecular weight excluding hydrogens is 580 g/mol. The van der Waals surface area contributed by atoms with Crippen molar-refractivity contribution in [3.8, 4) is 23.0 Å². The SMILES string of the molecule is CCOC(=O)C1=C(C)N=c2s/c(=C/c3ccc(OCc4ccccc4)c(OCC)c3)c(=O)n2C1c1ccc(OC)c(OC)c1. The second kappa shape index (κ2) is 13.6. The normalized spacial score (nSPS) is 14.5. The zero-order valence-corrected chi connectivity index (χ0v) is 26.1. The number of carbonyl (C=O) groups is 1. The van der Waals surface area contributed by atoms with Gasteiger partial charge >= 0.3 is 5.97 Å². The molecule has 228 valence electrons. The van der Waals surface area contributed by atoms with E-state index in [0.717, 1.165) is 11.1 Å². The van der Waals surface area contributed by atoms with Gasteiger partial charge in [0, 0.05) is 0 Å². The third kappa shape index (κ3) is 6.26. The minimum atomic E-state index is -0.778. The molecule has 4 aromatic rings. The van der Waals surface area contributed by atoms with Gasteiger partial charge in [0.25, 0.3) is 5.56 Å². The van der Waals surface area contributed by atoms with Crippen LogP contribution in [0.25, 0.3) is 6.08 Å². The first-order chi connectivity index (χ1) is 21.4. The molecule has 0 spiro atoms. The maximum atomic E-state index is 14.0. The summed E-state index contributed by atoms with van der Waals surface area (Å²) in [5.74, 6) is 1.66. The topological polar surface area (TPSA) is 97.6 Å². The predicted molar refractivity (Wildman–Crippen MR) is 168 cm³/mol. The number of rotatable bonds is 11. The number of esters is 1. The van der Waals surface area contributed by atoms with Crippen molar-refractivity contribution in [3.63, 3.8) is 0 Å². The summed E-state index contributed by atoms with van der Waals surface area (Å²) in [7, 11) is 3.09. The van der Waals surface area contributed by atoms with Gasteiger partial charge in [-0.3, -0.25) is 9.36 Å². The first-order valence-corrected chi connectivity index (χ1v) is 15.0. The summed E-state index contributed by atoms with van der Waals surface area (Å²) in [4.78, 5) is 32.4. The number of ether oxygens (including phenoxy) is 5. The maximum Gasteiger partial charge on any atom is 0.338 e. The molecule has 0 saturated heterocycles. The van der Waals surface area contributed by atoms with Gasteiger partial charge in [0.15, 0.2) is 27.8 Å². The molecule has 1 aromatic heterocycles. The van der Waals surface area contributed by atoms with Gasteiger partial charge in [-0.2, -0.15) is 0 Å². The maximum absolute atomic E-state index is 14.0. The van der Waals surface area contributed by atoms with Crippen LogP contribution in [0.3, 0.4) is 0 Å². The largest absolute Gasteiger partial charge is 0.493 e. The van der Waals surface area contributed by atoms with E-state index < -0.39 is 12.0 Å². The highest BCUT2D eigenvalue weighted by Crippen LogP contribution is 2.36. The Morgan fingerprint density at radius 2 is 1.66 bits per heavy atom. The van der Waals surface area contributed by atoms with Crippen molar-refractivity contribution < 1.29 is 28.5 Å². The van der Waals surface area contributed by atoms with Crippen molar-refractivity contribution in [2.24, 2.45) is 4.99 Å². The molecule has 10 heteroatoms. The monoisotopic (exact) mass is 614 g/mol. The van der Waals surface area contributed by atoms with E-state index in [0.29, 0.717) is 56.8 Å². The Balaban J connectivity index is 1.59. The van der Waals surface area contributed by atoms with Crippen LogP contribution in [0.5, 0.6) is 23.0 Å². The number of hydrogen-bond donors (Lipinski definition) is 0. The molecule has 5 rings (SSSR count). The van der Waals surface area contributed by atoms with Crippen LogP contribution in [0.1, 0.15) is 43.5 Å². The smallest absolute Gasteiger partial charge is 0.338 e. The number of aromatic nitrogens is 1. The summed E-state index contributed by atoms with van der Waals surface area (Å²) in [5.41, 5.74) is 2.94. The van der Waals surface area contributed by atoms with Crippen molar-refractivity contribution in [1.29, 1.82) is 0 Å². The second-order valence-corrected chi connectivity index (χ2v) is 10.8. The molecule has 44 heavy (non-hydrogen) atoms. The first-order valence-electron chi connectivity index (χ1n) is 14.2. The van der Waals surface area contributed by atoms with Gasteiger partial charge in [-0.15, -0.1) is 0 Å². The molecule has 1 aliphatic heterocycles. The standard InChI is InChI=1S/C34H34N2O7S/c1-6-41-28-17-23(13-15-26(28)43-20-22-11-9-8-10-12-22)18-29-32(37)36-31(24-14-16-25(39-4)27(19-24)40-5)30(33(38)42-7-2)21(3)35-34(36)44-29/h8-19,31H,6-7,20H2,1-5H3/b29-18+. The lowest BCUT2D eigenvalue weighted by Gasteiger charge is -2.25. The van der Waals surface area contributed by atoms with Gasteiger partial charge in [0.05, 0.1) is 49.3 Å². The van der Waals surface area contributed by atoms with Crippen LogP contribution >= 0.6 is 11.3 Å². The van der Waals surface area contributed by atoms with Gasteiger partial charge in [-0.1, -0.05) is 53.8 Å². The number of nitrogens with zero attached hydrogens (tertiary/aromatic N) is 2. The molecule has 0 radical (unpaired) electrons. The molecular formula is C34H34N2O7S. The molecule has 9 nitrogen and oxygen atoms in total. The summed E-state index contributed by atoms with van der Waals surface area (Å²) in [5, 5.41) is 0. The number of allylic oxidation sites excluding steroid dienone is 1. The number of methoxy groups -OCH3 is 2. The van der Waals surface area contributed by atoms with Gasteiger partial charge < -0.3 is 23.7 Å². The van der Waals surface area contributed by atoms with Crippen LogP contribution in [-0.4, -0.2) is 38.0 Å². The average Bonchev–Trinajstić information content (AvgIpc) is 3.33. The molecule has 0 N–H and O–H groups in total. The zero-order valence-electron chi connectivity index (χ0n) is 25.3. The molecule has 0 aliphatic carbocycles. The van der Waals surface area contributed by atoms with Crippen LogP contribution < -0.4 is 33.8 Å². The lowest BCUT2D eigenvalue weighted by Crippen LogP contribution is -2.39. The van der Waals surface area contributed by atoms with E-state index in [1.165, 1.54) is 23.0 Å². The fourth-order valence-corrected chi connectivity index (χ4v) is 6.07. The molecule has 0 fully saturated rings. The van der Waals surface area contributed by atoms with Crippen LogP contribution in [0.15, 0.2) is 87.8 Å². The Labute approximate surface area is 259 Å². The van der Waals surface area contributed by atoms with Gasteiger partial charge in [0.1, 0.15) is 6.61 Å². The van der Waals surface area contributed by atoms with Crippen molar-refractivity contribution in [1.82, 2.24) is 4.57 Å². The molecule has 3 aromatic carbocycles. The Hall–Kier alpha value is -4.83. The summed E-state index contributed by atoms with van der Waals surface area (Å²) in [6.45, 7) is 6.43. The third-order valence-corrected chi connectivity index (χ3v) is 8.03. The lowest BCUT2D eigenvalue weighted by molar-refractivity contribution is -0.139. The summed E-state index contributed by atoms with van der Waals surface area (Å²) in [6.07, 6.45) is 1.79. The van der Waals surface area contributed by atoms with Crippen molar-refractivity contribution in [2.75, 3.05) is 27.4 Å². The van der Waals surface area contributed by atoms with Crippen molar-refractivity contribution in [3.05, 3.63) is 114 Å². The second-order valence-electron chi connectivity index (χ2n) is 9.83. The molecule has 1 atom stereocenters. The molecule has 0 bridgehead atoms. The van der Waals surface area contributed by atoms with Crippen LogP contribution in [-0.2, 0) is 16.1 Å². The predicted octanol–water partition coefficient (Wildman–Crippen LogP) is 4.79. The Kier molecular flexibility index (Phi) is 9.50. The minimum Gasteiger partial charge on any atom is -0.493 e. The van der Waals surface area contributed by atoms with E-state index >= 15 is 0 Å². The highest BCUT2D eigenvalue weighted by molar-refractivity contribution is 7.07. The summed E-state index contributed by atoms with van der Waals surface area (Å²) in [6, 6.07) is 20.0. The van der Waals surface area contributed by atoms with Crippen molar-refractivity contribution >= 4 is 23.4 Å². The van der Waals surface area contributed by atoms with Gasteiger partial charge in [-0.25, -0.2) is 9.79 Å². The fraction of sp³-hybridized carbons (Fsp3) is 0.265. The van der Waals surface area contributed by atoms with E-state index in [1.807, 2.05) is 61.5 Å². The average molecular weight is 615 g/mol. The Morgan fingerprint density at radius 3 is 2.36 bits per heavy atom. The van der Waals surface area contributed by atoms with Crippen LogP contribution in [0.2, 0.25) is 0 Å². The minimum absolute atomic E-state index is 0.186. The molecule has 1 aliphatic rings. The van der Waals surface area contributed by atoms with E-state index in [9.17, 15) is 9.59 Å². The highest BCUT2D eigenvalue weighted by atomic mass is 32.1. The van der Waals surface area contributed by atoms with E-state index in [4.69, 9.17) is 23.7 Å². The third-order valence-electron chi connectivity index (χ3n) is 7.04. The number of thiazole rings is 1. The zero-order chi connectivity index (χ0) is 31.2. The van der Waals surface area contributed by atoms with Gasteiger partial charge in [-0.05, 0) is 67.8 Å². The summed E-state index contributed by atoms with van der Waals surface area (Å²) >= 11 is 1.25. The summed E-state index contributed by atoms with van der Waals surface area (Å²) < 4.78 is 30.3. The van der Waals surface area contributed by atoms with Crippen LogP contribution in [0.4, 0.5) is 0 Å². The molecule has 0 amide bonds. The van der Waals surface area contributed by atoms with E-state index in [2.05, 4.69) is 4.99 Å². The fourth-order valence-electron chi connectivity index (χ4n) is 5.02.